The molecule has 2 atom stereocenters. The molecule has 156 valence electrons. The minimum atomic E-state index is -0.906. The Hall–Kier alpha value is -2.91. The number of rotatable bonds is 4. The fourth-order valence-corrected chi connectivity index (χ4v) is 4.33. The number of aliphatic carboxylic acids is 1. The number of nitrogens with zero attached hydrogens (tertiary/aromatic N) is 4. The van der Waals surface area contributed by atoms with Crippen LogP contribution in [0, 0.1) is 5.92 Å². The average Bonchev–Trinajstić information content (AvgIpc) is 3.31. The second-order valence-corrected chi connectivity index (χ2v) is 8.24. The van der Waals surface area contributed by atoms with Crippen molar-refractivity contribution < 1.29 is 24.2 Å². The number of aromatic nitrogens is 2. The SMILES string of the molecule is O=C(O)C1CN(C(=O)CN2C(=O)c3cc(-c4ccc(Cl)cc4)nn3C3COCC32)C1. The Balaban J connectivity index is 1.40. The maximum atomic E-state index is 13.2. The molecule has 2 amide bonds. The van der Waals surface area contributed by atoms with E-state index in [2.05, 4.69) is 5.10 Å². The third-order valence-corrected chi connectivity index (χ3v) is 6.23. The summed E-state index contributed by atoms with van der Waals surface area (Å²) in [5.41, 5.74) is 1.90. The van der Waals surface area contributed by atoms with Gasteiger partial charge in [-0.15, -0.1) is 0 Å². The molecule has 4 heterocycles. The first-order valence-corrected chi connectivity index (χ1v) is 10.0. The molecule has 1 aromatic heterocycles. The molecular formula is C20H19ClN4O5. The number of amides is 2. The van der Waals surface area contributed by atoms with Gasteiger partial charge in [0.1, 0.15) is 12.2 Å². The van der Waals surface area contributed by atoms with Crippen molar-refractivity contribution >= 4 is 29.4 Å². The number of likely N-dealkylation sites (tertiary alicyclic amines) is 1. The van der Waals surface area contributed by atoms with E-state index in [4.69, 9.17) is 21.4 Å². The quantitative estimate of drug-likeness (QED) is 0.780. The highest BCUT2D eigenvalue weighted by Gasteiger charge is 2.46. The van der Waals surface area contributed by atoms with E-state index >= 15 is 0 Å². The maximum Gasteiger partial charge on any atom is 0.310 e. The largest absolute Gasteiger partial charge is 0.481 e. The molecule has 0 radical (unpaired) electrons. The van der Waals surface area contributed by atoms with Gasteiger partial charge in [0.2, 0.25) is 5.91 Å². The fourth-order valence-electron chi connectivity index (χ4n) is 4.20. The highest BCUT2D eigenvalue weighted by molar-refractivity contribution is 6.30. The molecule has 2 unspecified atom stereocenters. The zero-order valence-electron chi connectivity index (χ0n) is 15.9. The topological polar surface area (TPSA) is 105 Å². The van der Waals surface area contributed by atoms with Gasteiger partial charge in [0.25, 0.3) is 5.91 Å². The van der Waals surface area contributed by atoms with Gasteiger partial charge in [-0.25, -0.2) is 0 Å². The van der Waals surface area contributed by atoms with Crippen LogP contribution < -0.4 is 0 Å². The van der Waals surface area contributed by atoms with E-state index < -0.39 is 11.9 Å². The van der Waals surface area contributed by atoms with E-state index in [-0.39, 0.29) is 43.5 Å². The molecule has 1 N–H and O–H groups in total. The Morgan fingerprint density at radius 1 is 1.17 bits per heavy atom. The van der Waals surface area contributed by atoms with Crippen LogP contribution >= 0.6 is 11.6 Å². The first kappa shape index (κ1) is 19.1. The normalized spacial score (nSPS) is 23.2. The predicted octanol–water partition coefficient (Wildman–Crippen LogP) is 1.14. The summed E-state index contributed by atoms with van der Waals surface area (Å²) in [4.78, 5) is 39.8. The van der Waals surface area contributed by atoms with Gasteiger partial charge in [-0.05, 0) is 18.2 Å². The smallest absolute Gasteiger partial charge is 0.310 e. The Labute approximate surface area is 176 Å². The molecule has 2 saturated heterocycles. The summed E-state index contributed by atoms with van der Waals surface area (Å²) < 4.78 is 7.32. The van der Waals surface area contributed by atoms with Crippen LogP contribution in [0.25, 0.3) is 11.3 Å². The molecule has 9 nitrogen and oxygen atoms in total. The number of carboxylic acid groups (broad SMARTS) is 1. The van der Waals surface area contributed by atoms with Gasteiger partial charge in [0.05, 0.1) is 36.9 Å². The molecule has 3 aliphatic rings. The van der Waals surface area contributed by atoms with Crippen LogP contribution in [0.1, 0.15) is 16.5 Å². The number of carbonyl (C=O) groups is 3. The zero-order valence-corrected chi connectivity index (χ0v) is 16.7. The Morgan fingerprint density at radius 3 is 2.57 bits per heavy atom. The lowest BCUT2D eigenvalue weighted by atomic mass is 10.00. The zero-order chi connectivity index (χ0) is 21.0. The van der Waals surface area contributed by atoms with Crippen LogP contribution in [0.2, 0.25) is 5.02 Å². The number of ether oxygens (including phenoxy) is 1. The van der Waals surface area contributed by atoms with Crippen molar-refractivity contribution in [2.24, 2.45) is 5.92 Å². The van der Waals surface area contributed by atoms with Crippen LogP contribution in [0.3, 0.4) is 0 Å². The molecule has 0 bridgehead atoms. The monoisotopic (exact) mass is 430 g/mol. The Bertz CT molecular complexity index is 1030. The minimum absolute atomic E-state index is 0.100. The maximum absolute atomic E-state index is 13.2. The van der Waals surface area contributed by atoms with E-state index in [0.29, 0.717) is 29.6 Å². The van der Waals surface area contributed by atoms with Gasteiger partial charge in [0, 0.05) is 23.7 Å². The summed E-state index contributed by atoms with van der Waals surface area (Å²) in [5.74, 6) is -1.97. The van der Waals surface area contributed by atoms with Crippen LogP contribution in [0.4, 0.5) is 0 Å². The lowest BCUT2D eigenvalue weighted by Crippen LogP contribution is -2.58. The average molecular weight is 431 g/mol. The first-order valence-electron chi connectivity index (χ1n) is 9.67. The van der Waals surface area contributed by atoms with Gasteiger partial charge in [-0.3, -0.25) is 19.1 Å². The number of carbonyl (C=O) groups excluding carboxylic acids is 2. The minimum Gasteiger partial charge on any atom is -0.481 e. The van der Waals surface area contributed by atoms with Crippen LogP contribution in [0.5, 0.6) is 0 Å². The van der Waals surface area contributed by atoms with Crippen molar-refractivity contribution in [2.45, 2.75) is 12.1 Å². The summed E-state index contributed by atoms with van der Waals surface area (Å²) in [6.45, 7) is 0.995. The number of halogens is 1. The van der Waals surface area contributed by atoms with Crippen LogP contribution in [-0.4, -0.2) is 81.4 Å². The van der Waals surface area contributed by atoms with E-state index in [0.717, 1.165) is 5.56 Å². The van der Waals surface area contributed by atoms with Crippen molar-refractivity contribution in [2.75, 3.05) is 32.8 Å². The van der Waals surface area contributed by atoms with Crippen molar-refractivity contribution in [3.05, 3.63) is 41.0 Å². The molecule has 0 aliphatic carbocycles. The molecule has 1 aromatic carbocycles. The Morgan fingerprint density at radius 2 is 1.87 bits per heavy atom. The fraction of sp³-hybridized carbons (Fsp3) is 0.400. The number of hydrogen-bond acceptors (Lipinski definition) is 5. The van der Waals surface area contributed by atoms with Crippen molar-refractivity contribution in [1.82, 2.24) is 19.6 Å². The summed E-state index contributed by atoms with van der Waals surface area (Å²) in [6, 6.07) is 8.48. The molecule has 0 spiro atoms. The van der Waals surface area contributed by atoms with E-state index in [1.165, 1.54) is 9.80 Å². The van der Waals surface area contributed by atoms with Gasteiger partial charge in [0.15, 0.2) is 0 Å². The second kappa shape index (κ2) is 7.10. The third kappa shape index (κ3) is 3.05. The molecule has 2 fully saturated rings. The lowest BCUT2D eigenvalue weighted by Gasteiger charge is -2.40. The molecule has 2 aromatic rings. The third-order valence-electron chi connectivity index (χ3n) is 5.98. The van der Waals surface area contributed by atoms with Gasteiger partial charge in [-0.1, -0.05) is 23.7 Å². The van der Waals surface area contributed by atoms with Crippen molar-refractivity contribution in [3.8, 4) is 11.3 Å². The van der Waals surface area contributed by atoms with E-state index in [9.17, 15) is 14.4 Å². The number of hydrogen-bond donors (Lipinski definition) is 1. The van der Waals surface area contributed by atoms with Gasteiger partial charge < -0.3 is 19.6 Å². The molecule has 30 heavy (non-hydrogen) atoms. The number of carboxylic acids is 1. The first-order chi connectivity index (χ1) is 14.4. The number of benzene rings is 1. The molecule has 5 rings (SSSR count). The molecule has 0 saturated carbocycles. The second-order valence-electron chi connectivity index (χ2n) is 7.81. The Kier molecular flexibility index (Phi) is 4.52. The van der Waals surface area contributed by atoms with Crippen LogP contribution in [-0.2, 0) is 14.3 Å². The summed E-state index contributed by atoms with van der Waals surface area (Å²) in [5, 5.41) is 14.3. The van der Waals surface area contributed by atoms with Gasteiger partial charge in [-0.2, -0.15) is 5.10 Å². The molecule has 3 aliphatic heterocycles. The van der Waals surface area contributed by atoms with E-state index in [1.54, 1.807) is 22.9 Å². The summed E-state index contributed by atoms with van der Waals surface area (Å²) in [7, 11) is 0. The number of fused-ring (bicyclic) bond motifs is 3. The molecular weight excluding hydrogens is 412 g/mol. The van der Waals surface area contributed by atoms with E-state index in [1.807, 2.05) is 12.1 Å². The molecule has 10 heteroatoms. The summed E-state index contributed by atoms with van der Waals surface area (Å²) >= 11 is 5.96. The van der Waals surface area contributed by atoms with Crippen molar-refractivity contribution in [3.63, 3.8) is 0 Å². The van der Waals surface area contributed by atoms with Crippen molar-refractivity contribution in [1.29, 1.82) is 0 Å². The summed E-state index contributed by atoms with van der Waals surface area (Å²) in [6.07, 6.45) is 0. The predicted molar refractivity (Wildman–Crippen MR) is 105 cm³/mol. The van der Waals surface area contributed by atoms with Crippen LogP contribution in [0.15, 0.2) is 30.3 Å². The lowest BCUT2D eigenvalue weighted by molar-refractivity contribution is -0.153. The highest BCUT2D eigenvalue weighted by atomic mass is 35.5. The highest BCUT2D eigenvalue weighted by Crippen LogP contribution is 2.34. The standard InChI is InChI=1S/C20H19ClN4O5/c21-13-3-1-11(2-4-13)14-5-15-19(27)24(16-9-30-10-17(16)25(15)22-14)8-18(26)23-6-12(7-23)20(28)29/h1-5,12,16-17H,6-10H2,(H,28,29). The van der Waals surface area contributed by atoms with Gasteiger partial charge >= 0.3 is 5.97 Å².